The summed E-state index contributed by atoms with van der Waals surface area (Å²) in [4.78, 5) is 0. The van der Waals surface area contributed by atoms with Gasteiger partial charge in [-0.25, -0.2) is 0 Å². The predicted octanol–water partition coefficient (Wildman–Crippen LogP) is 17.5. The molecule has 0 saturated heterocycles. The first kappa shape index (κ1) is 42.8. The summed E-state index contributed by atoms with van der Waals surface area (Å²) in [5, 5.41) is 7.82. The average Bonchev–Trinajstić information content (AvgIpc) is 3.00. The molecule has 0 aliphatic rings. The molecule has 0 saturated carbocycles. The van der Waals surface area contributed by atoms with Crippen LogP contribution < -0.4 is 0 Å². The molecule has 0 nitrogen and oxygen atoms in total. The van der Waals surface area contributed by atoms with E-state index in [0.29, 0.717) is 0 Å². The molecule has 0 bridgehead atoms. The van der Waals surface area contributed by atoms with Gasteiger partial charge in [0.1, 0.15) is 0 Å². The van der Waals surface area contributed by atoms with E-state index in [2.05, 4.69) is 234 Å². The number of rotatable bonds is 6. The molecule has 4 aromatic rings. The topological polar surface area (TPSA) is 0 Å². The maximum atomic E-state index is 2.44. The van der Waals surface area contributed by atoms with Crippen LogP contribution in [0, 0.1) is 32.5 Å². The molecule has 4 aromatic carbocycles. The molecular formula is C54H72. The molecule has 0 amide bonds. The molecule has 288 valence electrons. The SMILES string of the molecule is CC(C)(C)C=Cc1ccc2c3ccccc3c3c(C=CC(C)(C)C)c(C=CC(C)(C)C)c(C=CC(C)(C)C)c(C=CC(C)(C)C)c3c2c1C=CC(C)(C)C. The number of allylic oxidation sites excluding steroid dienone is 6. The molecule has 0 unspecified atom stereocenters. The van der Waals surface area contributed by atoms with Gasteiger partial charge in [0.25, 0.3) is 0 Å². The smallest absolute Gasteiger partial charge is 0.000775 e. The van der Waals surface area contributed by atoms with E-state index in [4.69, 9.17) is 0 Å². The van der Waals surface area contributed by atoms with Crippen LogP contribution >= 0.6 is 0 Å². The van der Waals surface area contributed by atoms with Gasteiger partial charge in [0, 0.05) is 0 Å². The monoisotopic (exact) mass is 721 g/mol. The third kappa shape index (κ3) is 11.6. The summed E-state index contributed by atoms with van der Waals surface area (Å²) < 4.78 is 0. The van der Waals surface area contributed by atoms with Crippen molar-refractivity contribution in [1.29, 1.82) is 0 Å². The van der Waals surface area contributed by atoms with Crippen molar-refractivity contribution in [3.8, 4) is 0 Å². The molecule has 0 heteroatoms. The molecule has 0 aromatic heterocycles. The Kier molecular flexibility index (Phi) is 12.2. The second kappa shape index (κ2) is 15.3. The van der Waals surface area contributed by atoms with Gasteiger partial charge in [-0.2, -0.15) is 0 Å². The van der Waals surface area contributed by atoms with Crippen LogP contribution in [0.25, 0.3) is 68.8 Å². The van der Waals surface area contributed by atoms with E-state index in [9.17, 15) is 0 Å². The van der Waals surface area contributed by atoms with Crippen molar-refractivity contribution >= 4 is 68.8 Å². The number of hydrogen-bond acceptors (Lipinski definition) is 0. The third-order valence-corrected chi connectivity index (χ3v) is 9.19. The summed E-state index contributed by atoms with van der Waals surface area (Å²) in [6.45, 7) is 41.3. The van der Waals surface area contributed by atoms with E-state index in [1.807, 2.05) is 0 Å². The molecule has 0 aliphatic carbocycles. The molecular weight excluding hydrogens is 649 g/mol. The molecule has 0 heterocycles. The Labute approximate surface area is 330 Å². The zero-order valence-corrected chi connectivity index (χ0v) is 37.4. The van der Waals surface area contributed by atoms with Crippen molar-refractivity contribution in [2.75, 3.05) is 0 Å². The minimum Gasteiger partial charge on any atom is -0.0785 e. The van der Waals surface area contributed by atoms with E-state index in [1.165, 1.54) is 65.7 Å². The van der Waals surface area contributed by atoms with E-state index in [0.717, 1.165) is 0 Å². The highest BCUT2D eigenvalue weighted by Crippen LogP contribution is 2.47. The first-order valence-electron chi connectivity index (χ1n) is 20.2. The first-order chi connectivity index (χ1) is 24.5. The Morgan fingerprint density at radius 3 is 0.981 bits per heavy atom. The quantitative estimate of drug-likeness (QED) is 0.174. The summed E-state index contributed by atoms with van der Waals surface area (Å²) in [6.07, 6.45) is 28.8. The molecule has 0 radical (unpaired) electrons. The number of hydrogen-bond donors (Lipinski definition) is 0. The Hall–Kier alpha value is -3.90. The fraction of sp³-hybridized carbons (Fsp3) is 0.444. The van der Waals surface area contributed by atoms with Gasteiger partial charge in [-0.15, -0.1) is 0 Å². The van der Waals surface area contributed by atoms with Gasteiger partial charge >= 0.3 is 0 Å². The van der Waals surface area contributed by atoms with Gasteiger partial charge in [-0.05, 0) is 98.2 Å². The molecule has 54 heavy (non-hydrogen) atoms. The molecule has 0 aliphatic heterocycles. The maximum Gasteiger partial charge on any atom is -0.000775 e. The van der Waals surface area contributed by atoms with Gasteiger partial charge < -0.3 is 0 Å². The lowest BCUT2D eigenvalue weighted by atomic mass is 9.79. The van der Waals surface area contributed by atoms with Gasteiger partial charge in [0.05, 0.1) is 0 Å². The van der Waals surface area contributed by atoms with Crippen molar-refractivity contribution in [2.45, 2.75) is 125 Å². The van der Waals surface area contributed by atoms with E-state index in [1.54, 1.807) is 0 Å². The van der Waals surface area contributed by atoms with Crippen LogP contribution in [0.1, 0.15) is 158 Å². The highest BCUT2D eigenvalue weighted by molar-refractivity contribution is 6.31. The second-order valence-electron chi connectivity index (χ2n) is 22.1. The second-order valence-corrected chi connectivity index (χ2v) is 22.1. The average molecular weight is 721 g/mol. The standard InChI is InChI=1S/C54H72/c1-49(2,3)31-25-37-23-24-43-39-21-19-20-22-42(39)47-44(29-35-53(13,14)15)40(27-33-51(7,8)9)41(28-34-52(10,11)12)45(30-36-54(16,17)18)48(47)46(43)38(37)26-32-50(4,5)6/h19-36H,1-18H3. The van der Waals surface area contributed by atoms with E-state index >= 15 is 0 Å². The van der Waals surface area contributed by atoms with Crippen molar-refractivity contribution in [2.24, 2.45) is 32.5 Å². The molecule has 0 spiro atoms. The van der Waals surface area contributed by atoms with Crippen molar-refractivity contribution in [3.63, 3.8) is 0 Å². The van der Waals surface area contributed by atoms with E-state index < -0.39 is 0 Å². The van der Waals surface area contributed by atoms with Crippen molar-refractivity contribution in [1.82, 2.24) is 0 Å². The normalized spacial score (nSPS) is 14.8. The zero-order chi connectivity index (χ0) is 40.7. The summed E-state index contributed by atoms with van der Waals surface area (Å²) in [5.74, 6) is 0. The van der Waals surface area contributed by atoms with Crippen molar-refractivity contribution < 1.29 is 0 Å². The molecule has 0 atom stereocenters. The van der Waals surface area contributed by atoms with E-state index in [-0.39, 0.29) is 32.5 Å². The van der Waals surface area contributed by atoms with Crippen LogP contribution in [-0.4, -0.2) is 0 Å². The van der Waals surface area contributed by atoms with Gasteiger partial charge in [-0.3, -0.25) is 0 Å². The Balaban J connectivity index is 2.60. The lowest BCUT2D eigenvalue weighted by Crippen LogP contribution is -2.05. The lowest BCUT2D eigenvalue weighted by Gasteiger charge is -2.25. The summed E-state index contributed by atoms with van der Waals surface area (Å²) in [6, 6.07) is 13.8. The fourth-order valence-electron chi connectivity index (χ4n) is 6.47. The van der Waals surface area contributed by atoms with Crippen LogP contribution in [0.4, 0.5) is 0 Å². The number of benzene rings is 4. The third-order valence-electron chi connectivity index (χ3n) is 9.19. The fourth-order valence-corrected chi connectivity index (χ4v) is 6.47. The van der Waals surface area contributed by atoms with Crippen molar-refractivity contribution in [3.05, 3.63) is 106 Å². The minimum absolute atomic E-state index is 0.00172. The first-order valence-corrected chi connectivity index (χ1v) is 20.2. The summed E-state index contributed by atoms with van der Waals surface area (Å²) in [5.41, 5.74) is 7.69. The lowest BCUT2D eigenvalue weighted by molar-refractivity contribution is 0.546. The Bertz CT molecular complexity index is 2150. The zero-order valence-electron chi connectivity index (χ0n) is 37.4. The van der Waals surface area contributed by atoms with Crippen LogP contribution in [0.2, 0.25) is 0 Å². The summed E-state index contributed by atoms with van der Waals surface area (Å²) >= 11 is 0. The molecule has 0 N–H and O–H groups in total. The van der Waals surface area contributed by atoms with Crippen LogP contribution in [0.15, 0.2) is 72.9 Å². The Morgan fingerprint density at radius 2 is 0.574 bits per heavy atom. The highest BCUT2D eigenvalue weighted by Gasteiger charge is 2.24. The molecule has 4 rings (SSSR count). The summed E-state index contributed by atoms with van der Waals surface area (Å²) in [7, 11) is 0. The van der Waals surface area contributed by atoms with Gasteiger partial charge in [0.2, 0.25) is 0 Å². The van der Waals surface area contributed by atoms with Crippen LogP contribution in [0.3, 0.4) is 0 Å². The molecule has 0 fully saturated rings. The Morgan fingerprint density at radius 1 is 0.278 bits per heavy atom. The van der Waals surface area contributed by atoms with Crippen LogP contribution in [0.5, 0.6) is 0 Å². The van der Waals surface area contributed by atoms with Gasteiger partial charge in [-0.1, -0.05) is 234 Å². The minimum atomic E-state index is -0.00815. The maximum absolute atomic E-state index is 2.44. The number of fused-ring (bicyclic) bond motifs is 6. The van der Waals surface area contributed by atoms with Crippen LogP contribution in [-0.2, 0) is 0 Å². The predicted molar refractivity (Wildman–Crippen MR) is 250 cm³/mol. The largest absolute Gasteiger partial charge is 0.0785 e. The highest BCUT2D eigenvalue weighted by atomic mass is 14.3. The van der Waals surface area contributed by atoms with Gasteiger partial charge in [0.15, 0.2) is 0 Å².